The summed E-state index contributed by atoms with van der Waals surface area (Å²) in [4.78, 5) is 8.59. The van der Waals surface area contributed by atoms with Gasteiger partial charge in [0, 0.05) is 50.2 Å². The van der Waals surface area contributed by atoms with Crippen LogP contribution in [0.4, 0.5) is 5.69 Å². The summed E-state index contributed by atoms with van der Waals surface area (Å²) in [6, 6.07) is 17.4. The van der Waals surface area contributed by atoms with Crippen molar-refractivity contribution in [2.24, 2.45) is 16.8 Å². The molecule has 2 aliphatic rings. The van der Waals surface area contributed by atoms with Crippen LogP contribution in [0.1, 0.15) is 20.3 Å². The molecule has 2 aliphatic heterocycles. The highest BCUT2D eigenvalue weighted by atomic mass is 32.2. The number of piperidine rings is 1. The Kier molecular flexibility index (Phi) is 8.26. The predicted molar refractivity (Wildman–Crippen MR) is 148 cm³/mol. The van der Waals surface area contributed by atoms with E-state index in [1.54, 1.807) is 21.7 Å². The molecule has 37 heavy (non-hydrogen) atoms. The van der Waals surface area contributed by atoms with Gasteiger partial charge in [0.15, 0.2) is 4.80 Å². The lowest BCUT2D eigenvalue weighted by Crippen LogP contribution is -2.42. The number of rotatable bonds is 7. The minimum Gasteiger partial charge on any atom is -0.379 e. The molecule has 2 unspecified atom stereocenters. The first-order chi connectivity index (χ1) is 17.9. The molecule has 0 radical (unpaired) electrons. The topological polar surface area (TPSA) is 67.1 Å². The Hall–Kier alpha value is -2.30. The van der Waals surface area contributed by atoms with E-state index >= 15 is 0 Å². The fourth-order valence-corrected chi connectivity index (χ4v) is 7.99. The average Bonchev–Trinajstić information content (AvgIpc) is 3.30. The number of nitrogens with zero attached hydrogens (tertiary/aromatic N) is 4. The molecule has 2 fully saturated rings. The summed E-state index contributed by atoms with van der Waals surface area (Å²) in [5, 5.41) is 2.10. The summed E-state index contributed by atoms with van der Waals surface area (Å²) in [5.74, 6) is 0.728. The minimum atomic E-state index is -3.56. The van der Waals surface area contributed by atoms with E-state index in [0.717, 1.165) is 67.6 Å². The van der Waals surface area contributed by atoms with Crippen LogP contribution in [0.2, 0.25) is 0 Å². The van der Waals surface area contributed by atoms with Crippen LogP contribution >= 0.6 is 11.3 Å². The molecule has 2 aromatic carbocycles. The second kappa shape index (κ2) is 11.6. The predicted octanol–water partition coefficient (Wildman–Crippen LogP) is 4.45. The zero-order chi connectivity index (χ0) is 25.8. The monoisotopic (exact) mass is 540 g/mol. The van der Waals surface area contributed by atoms with Crippen molar-refractivity contribution in [3.8, 4) is 11.3 Å². The minimum absolute atomic E-state index is 0.360. The third-order valence-corrected chi connectivity index (χ3v) is 9.82. The van der Waals surface area contributed by atoms with Gasteiger partial charge in [-0.2, -0.15) is 4.31 Å². The van der Waals surface area contributed by atoms with Crippen LogP contribution < -0.4 is 4.80 Å². The molecule has 2 atom stereocenters. The Morgan fingerprint density at radius 1 is 0.973 bits per heavy atom. The average molecular weight is 541 g/mol. The maximum absolute atomic E-state index is 13.6. The van der Waals surface area contributed by atoms with Crippen molar-refractivity contribution < 1.29 is 13.2 Å². The van der Waals surface area contributed by atoms with Crippen LogP contribution in [0, 0.1) is 11.8 Å². The highest BCUT2D eigenvalue weighted by Gasteiger charge is 2.32. The standard InChI is InChI=1S/C28H36N4O3S2/c1-22-17-23(2)20-31(19-22)37(33,34)26-10-6-7-24(18-26)27-21-36-28(29-25-8-4-3-5-9-25)32(27)12-11-30-13-15-35-16-14-30/h3-10,18,21-23H,11-17,19-20H2,1-2H3. The summed E-state index contributed by atoms with van der Waals surface area (Å²) in [7, 11) is -3.56. The van der Waals surface area contributed by atoms with Crippen molar-refractivity contribution in [3.63, 3.8) is 0 Å². The third kappa shape index (κ3) is 6.23. The number of hydrogen-bond donors (Lipinski definition) is 0. The fourth-order valence-electron chi connectivity index (χ4n) is 5.31. The van der Waals surface area contributed by atoms with Crippen molar-refractivity contribution >= 4 is 27.0 Å². The molecule has 0 saturated carbocycles. The molecular formula is C28H36N4O3S2. The number of para-hydroxylation sites is 1. The van der Waals surface area contributed by atoms with Gasteiger partial charge >= 0.3 is 0 Å². The van der Waals surface area contributed by atoms with Crippen LogP contribution in [0.15, 0.2) is 69.9 Å². The van der Waals surface area contributed by atoms with Crippen molar-refractivity contribution in [1.29, 1.82) is 0 Å². The first kappa shape index (κ1) is 26.3. The quantitative estimate of drug-likeness (QED) is 0.444. The van der Waals surface area contributed by atoms with Crippen LogP contribution in [-0.2, 0) is 21.3 Å². The van der Waals surface area contributed by atoms with Crippen LogP contribution in [0.25, 0.3) is 11.3 Å². The van der Waals surface area contributed by atoms with Crippen molar-refractivity contribution in [1.82, 2.24) is 13.8 Å². The Bertz CT molecular complexity index is 1350. The van der Waals surface area contributed by atoms with Crippen LogP contribution in [0.3, 0.4) is 0 Å². The van der Waals surface area contributed by atoms with Gasteiger partial charge in [0.05, 0.1) is 29.5 Å². The van der Waals surface area contributed by atoms with Gasteiger partial charge in [0.2, 0.25) is 10.0 Å². The Labute approximate surface area is 224 Å². The van der Waals surface area contributed by atoms with Crippen molar-refractivity contribution in [2.45, 2.75) is 31.7 Å². The first-order valence-electron chi connectivity index (χ1n) is 13.1. The lowest BCUT2D eigenvalue weighted by molar-refractivity contribution is 0.0363. The van der Waals surface area contributed by atoms with E-state index < -0.39 is 10.0 Å². The van der Waals surface area contributed by atoms with Gasteiger partial charge in [-0.3, -0.25) is 4.90 Å². The van der Waals surface area contributed by atoms with E-state index in [1.807, 2.05) is 48.5 Å². The van der Waals surface area contributed by atoms with E-state index in [9.17, 15) is 8.42 Å². The summed E-state index contributed by atoms with van der Waals surface area (Å²) in [5.41, 5.74) is 2.79. The van der Waals surface area contributed by atoms with Gasteiger partial charge in [-0.15, -0.1) is 11.3 Å². The molecule has 5 rings (SSSR count). The van der Waals surface area contributed by atoms with E-state index in [2.05, 4.69) is 28.7 Å². The maximum atomic E-state index is 13.6. The molecule has 198 valence electrons. The number of aromatic nitrogens is 1. The Balaban J connectivity index is 1.49. The summed E-state index contributed by atoms with van der Waals surface area (Å²) < 4.78 is 36.6. The van der Waals surface area contributed by atoms with Crippen LogP contribution in [-0.4, -0.2) is 68.1 Å². The molecule has 7 nitrogen and oxygen atoms in total. The number of morpholine rings is 1. The zero-order valence-corrected chi connectivity index (χ0v) is 23.3. The highest BCUT2D eigenvalue weighted by molar-refractivity contribution is 7.89. The zero-order valence-electron chi connectivity index (χ0n) is 21.6. The molecule has 0 spiro atoms. The smallest absolute Gasteiger partial charge is 0.243 e. The molecule has 2 saturated heterocycles. The third-order valence-electron chi connectivity index (χ3n) is 7.13. The molecule has 1 aromatic heterocycles. The Morgan fingerprint density at radius 3 is 2.43 bits per heavy atom. The lowest BCUT2D eigenvalue weighted by Gasteiger charge is -2.34. The second-order valence-corrected chi connectivity index (χ2v) is 13.0. The molecular weight excluding hydrogens is 504 g/mol. The molecule has 0 amide bonds. The molecule has 9 heteroatoms. The van der Waals surface area contributed by atoms with Crippen LogP contribution in [0.5, 0.6) is 0 Å². The van der Waals surface area contributed by atoms with Crippen molar-refractivity contribution in [2.75, 3.05) is 45.9 Å². The normalized spacial score (nSPS) is 22.4. The van der Waals surface area contributed by atoms with Gasteiger partial charge in [-0.05, 0) is 42.5 Å². The molecule has 3 heterocycles. The summed E-state index contributed by atoms with van der Waals surface area (Å²) in [6.45, 7) is 10.4. The number of hydrogen-bond acceptors (Lipinski definition) is 6. The molecule has 0 aliphatic carbocycles. The number of ether oxygens (including phenoxy) is 1. The van der Waals surface area contributed by atoms with E-state index in [0.29, 0.717) is 29.8 Å². The fraction of sp³-hybridized carbons (Fsp3) is 0.464. The van der Waals surface area contributed by atoms with Gasteiger partial charge < -0.3 is 9.30 Å². The van der Waals surface area contributed by atoms with Gasteiger partial charge in [0.1, 0.15) is 0 Å². The Morgan fingerprint density at radius 2 is 1.70 bits per heavy atom. The van der Waals surface area contributed by atoms with Gasteiger partial charge in [-0.25, -0.2) is 13.4 Å². The molecule has 0 bridgehead atoms. The van der Waals surface area contributed by atoms with E-state index in [-0.39, 0.29) is 0 Å². The van der Waals surface area contributed by atoms with Crippen molar-refractivity contribution in [3.05, 3.63) is 64.8 Å². The van der Waals surface area contributed by atoms with E-state index in [1.165, 1.54) is 0 Å². The highest BCUT2D eigenvalue weighted by Crippen LogP contribution is 2.29. The summed E-state index contributed by atoms with van der Waals surface area (Å²) in [6.07, 6.45) is 1.07. The SMILES string of the molecule is CC1CC(C)CN(S(=O)(=O)c2cccc(-c3csc(=Nc4ccccc4)n3CCN3CCOCC3)c2)C1. The number of benzene rings is 2. The van der Waals surface area contributed by atoms with Gasteiger partial charge in [0.25, 0.3) is 0 Å². The summed E-state index contributed by atoms with van der Waals surface area (Å²) >= 11 is 1.59. The van der Waals surface area contributed by atoms with Gasteiger partial charge in [-0.1, -0.05) is 44.2 Å². The molecule has 3 aromatic rings. The lowest BCUT2D eigenvalue weighted by atomic mass is 9.94. The number of sulfonamides is 1. The van der Waals surface area contributed by atoms with E-state index in [4.69, 9.17) is 9.73 Å². The second-order valence-electron chi connectivity index (χ2n) is 10.3. The molecule has 0 N–H and O–H groups in total. The maximum Gasteiger partial charge on any atom is 0.243 e. The number of thiazole rings is 1. The largest absolute Gasteiger partial charge is 0.379 e. The first-order valence-corrected chi connectivity index (χ1v) is 15.4.